The molecule has 0 spiro atoms. The minimum atomic E-state index is 1.18. The van der Waals surface area contributed by atoms with Crippen LogP contribution in [0.4, 0.5) is 0 Å². The number of hydrogen-bond donors (Lipinski definition) is 0. The van der Waals surface area contributed by atoms with Crippen LogP contribution in [0.1, 0.15) is 21.6 Å². The molecule has 0 amide bonds. The summed E-state index contributed by atoms with van der Waals surface area (Å²) in [5.74, 6) is 0. The van der Waals surface area contributed by atoms with Crippen molar-refractivity contribution in [2.24, 2.45) is 0 Å². The maximum absolute atomic E-state index is 4.19. The minimum Gasteiger partial charge on any atom is -0.303 e. The monoisotopic (exact) mass is 315 g/mol. The molecule has 1 aliphatic heterocycles. The largest absolute Gasteiger partial charge is 0.303 e. The van der Waals surface area contributed by atoms with Gasteiger partial charge in [0, 0.05) is 16.7 Å². The highest BCUT2D eigenvalue weighted by Crippen LogP contribution is 2.37. The van der Waals surface area contributed by atoms with Crippen molar-refractivity contribution in [1.29, 1.82) is 0 Å². The summed E-state index contributed by atoms with van der Waals surface area (Å²) in [7, 11) is 0. The lowest BCUT2D eigenvalue weighted by molar-refractivity contribution is -0.418. The zero-order valence-electron chi connectivity index (χ0n) is 13.0. The first kappa shape index (κ1) is 14.0. The van der Waals surface area contributed by atoms with Crippen LogP contribution in [0, 0.1) is 13.0 Å². The summed E-state index contributed by atoms with van der Waals surface area (Å²) in [5, 5.41) is 2.14. The summed E-state index contributed by atoms with van der Waals surface area (Å²) in [4.78, 5) is 1.30. The molecule has 2 heterocycles. The highest BCUT2D eigenvalue weighted by Gasteiger charge is 2.23. The Morgan fingerprint density at radius 1 is 1.00 bits per heavy atom. The Balaban J connectivity index is 1.86. The van der Waals surface area contributed by atoms with Gasteiger partial charge >= 0.3 is 0 Å². The lowest BCUT2D eigenvalue weighted by atomic mass is 9.90. The van der Waals surface area contributed by atoms with E-state index >= 15 is 0 Å². The fourth-order valence-electron chi connectivity index (χ4n) is 3.02. The summed E-state index contributed by atoms with van der Waals surface area (Å²) in [6.45, 7) is 6.35. The quantitative estimate of drug-likeness (QED) is 0.341. The van der Waals surface area contributed by atoms with Gasteiger partial charge in [0.25, 0.3) is 0 Å². The maximum atomic E-state index is 4.19. The van der Waals surface area contributed by atoms with E-state index in [0.29, 0.717) is 0 Å². The minimum absolute atomic E-state index is 1.18. The number of thiophene rings is 1. The van der Waals surface area contributed by atoms with Crippen molar-refractivity contribution in [2.45, 2.75) is 6.92 Å². The Morgan fingerprint density at radius 3 is 2.65 bits per heavy atom. The van der Waals surface area contributed by atoms with Crippen molar-refractivity contribution in [3.63, 3.8) is 0 Å². The van der Waals surface area contributed by atoms with Crippen molar-refractivity contribution in [3.8, 4) is 11.1 Å². The van der Waals surface area contributed by atoms with E-state index in [2.05, 4.69) is 79.7 Å². The van der Waals surface area contributed by atoms with Crippen LogP contribution >= 0.6 is 11.3 Å². The van der Waals surface area contributed by atoms with Crippen molar-refractivity contribution in [2.75, 3.05) is 0 Å². The molecule has 1 nitrogen and oxygen atoms in total. The number of hydrogen-bond acceptors (Lipinski definition) is 0. The smallest absolute Gasteiger partial charge is 0.110 e. The van der Waals surface area contributed by atoms with Crippen LogP contribution in [0.25, 0.3) is 17.2 Å². The summed E-state index contributed by atoms with van der Waals surface area (Å²) in [5.41, 5.74) is 6.24. The highest BCUT2D eigenvalue weighted by atomic mass is 32.1. The molecule has 2 aromatic carbocycles. The van der Waals surface area contributed by atoms with E-state index in [1.807, 2.05) is 10.8 Å². The van der Waals surface area contributed by atoms with E-state index in [1.165, 1.54) is 38.7 Å². The molecule has 23 heavy (non-hydrogen) atoms. The Morgan fingerprint density at radius 2 is 1.83 bits per heavy atom. The third-order valence-corrected chi connectivity index (χ3v) is 5.13. The molecule has 0 N–H and O–H groups in total. The first-order chi connectivity index (χ1) is 11.2. The van der Waals surface area contributed by atoms with Crippen molar-refractivity contribution in [3.05, 3.63) is 93.8 Å². The molecular formula is C21H17NS. The average molecular weight is 315 g/mol. The lowest BCUT2D eigenvalue weighted by Gasteiger charge is -2.27. The molecule has 0 saturated carbocycles. The predicted molar refractivity (Wildman–Crippen MR) is 98.8 cm³/mol. The predicted octanol–water partition coefficient (Wildman–Crippen LogP) is 5.35. The van der Waals surface area contributed by atoms with Gasteiger partial charge in [0.05, 0.1) is 17.1 Å². The number of nitrogens with zero attached hydrogens (tertiary/aromatic N) is 1. The maximum Gasteiger partial charge on any atom is 0.110 e. The van der Waals surface area contributed by atoms with Gasteiger partial charge in [0.1, 0.15) is 6.72 Å². The van der Waals surface area contributed by atoms with Crippen LogP contribution in [0.5, 0.6) is 0 Å². The second-order valence-electron chi connectivity index (χ2n) is 5.73. The van der Waals surface area contributed by atoms with E-state index in [9.17, 15) is 0 Å². The Hall–Kier alpha value is -2.58. The lowest BCUT2D eigenvalue weighted by Crippen LogP contribution is -2.18. The highest BCUT2D eigenvalue weighted by molar-refractivity contribution is 7.11. The summed E-state index contributed by atoms with van der Waals surface area (Å²) < 4.78 is 1.98. The van der Waals surface area contributed by atoms with Gasteiger partial charge in [0.2, 0.25) is 0 Å². The molecule has 0 saturated heterocycles. The fraction of sp³-hybridized carbons (Fsp3) is 0.0476. The first-order valence-electron chi connectivity index (χ1n) is 7.63. The summed E-state index contributed by atoms with van der Waals surface area (Å²) in [6, 6.07) is 20.5. The molecule has 2 heteroatoms. The molecular weight excluding hydrogens is 298 g/mol. The van der Waals surface area contributed by atoms with E-state index < -0.39 is 0 Å². The van der Waals surface area contributed by atoms with Crippen LogP contribution < -0.4 is 0 Å². The molecule has 0 atom stereocenters. The van der Waals surface area contributed by atoms with Gasteiger partial charge in [0.15, 0.2) is 0 Å². The molecule has 0 aliphatic carbocycles. The summed E-state index contributed by atoms with van der Waals surface area (Å²) >= 11 is 1.77. The van der Waals surface area contributed by atoms with Crippen LogP contribution in [0.2, 0.25) is 0 Å². The molecule has 0 fully saturated rings. The second-order valence-corrected chi connectivity index (χ2v) is 6.68. The molecule has 0 unspecified atom stereocenters. The van der Waals surface area contributed by atoms with Gasteiger partial charge in [-0.3, -0.25) is 0 Å². The van der Waals surface area contributed by atoms with Crippen LogP contribution in [-0.2, 0) is 0 Å². The first-order valence-corrected chi connectivity index (χ1v) is 8.51. The third-order valence-electron chi connectivity index (χ3n) is 4.24. The van der Waals surface area contributed by atoms with Crippen LogP contribution in [0.15, 0.2) is 66.2 Å². The van der Waals surface area contributed by atoms with Gasteiger partial charge in [-0.15, -0.1) is 0 Å². The van der Waals surface area contributed by atoms with Crippen molar-refractivity contribution in [1.82, 2.24) is 0 Å². The van der Waals surface area contributed by atoms with Crippen molar-refractivity contribution >= 4 is 24.1 Å². The molecule has 4 rings (SSSR count). The number of rotatable bonds is 2. The molecule has 1 aliphatic rings. The van der Waals surface area contributed by atoms with Crippen LogP contribution in [-0.4, -0.2) is 11.3 Å². The standard InChI is InChI=1S/C21H17NS/c1-15-8-9-17(16-6-4-3-5-7-16)14-19(15)21-18-11-13-23-20(18)10-12-22(21)2/h3-14H,2H2,1H3. The van der Waals surface area contributed by atoms with Gasteiger partial charge in [-0.05, 0) is 23.6 Å². The number of benzene rings is 2. The second kappa shape index (κ2) is 5.56. The third kappa shape index (κ3) is 2.41. The van der Waals surface area contributed by atoms with Gasteiger partial charge in [-0.25, -0.2) is 0 Å². The van der Waals surface area contributed by atoms with Gasteiger partial charge in [-0.2, -0.15) is 6.07 Å². The van der Waals surface area contributed by atoms with E-state index in [-0.39, 0.29) is 0 Å². The molecule has 0 radical (unpaired) electrons. The topological polar surface area (TPSA) is 3.01 Å². The number of fused-ring (bicyclic) bond motifs is 1. The van der Waals surface area contributed by atoms with E-state index in [1.54, 1.807) is 11.3 Å². The zero-order valence-corrected chi connectivity index (χ0v) is 13.8. The number of aryl methyl sites for hydroxylation is 1. The molecule has 112 valence electrons. The van der Waals surface area contributed by atoms with Crippen molar-refractivity contribution < 1.29 is 4.58 Å². The van der Waals surface area contributed by atoms with Gasteiger partial charge in [-0.1, -0.05) is 65.7 Å². The molecule has 0 bridgehead atoms. The summed E-state index contributed by atoms with van der Waals surface area (Å²) in [6.07, 6.45) is 4.18. The van der Waals surface area contributed by atoms with Gasteiger partial charge < -0.3 is 4.58 Å². The Bertz CT molecular complexity index is 903. The normalized spacial score (nSPS) is 13.3. The van der Waals surface area contributed by atoms with E-state index in [4.69, 9.17) is 0 Å². The Labute approximate surface area is 140 Å². The van der Waals surface area contributed by atoms with Crippen LogP contribution in [0.3, 0.4) is 0 Å². The fourth-order valence-corrected chi connectivity index (χ4v) is 3.80. The Kier molecular flexibility index (Phi) is 3.40. The SMILES string of the molecule is C=[N+]1C=C[c-]2[s+]ccc2[C-]1c1cc(-c2ccccc2)ccc1C. The average Bonchev–Trinajstić information content (AvgIpc) is 3.05. The molecule has 3 aromatic rings. The molecule has 1 aromatic heterocycles. The zero-order chi connectivity index (χ0) is 15.8. The van der Waals surface area contributed by atoms with E-state index in [0.717, 1.165) is 0 Å².